The first-order valence-electron chi connectivity index (χ1n) is 7.74. The molecule has 122 valence electrons. The minimum atomic E-state index is -0.232. The van der Waals surface area contributed by atoms with E-state index in [9.17, 15) is 9.18 Å². The van der Waals surface area contributed by atoms with Gasteiger partial charge < -0.3 is 20.7 Å². The van der Waals surface area contributed by atoms with Crippen molar-refractivity contribution < 1.29 is 13.9 Å². The van der Waals surface area contributed by atoms with E-state index in [0.29, 0.717) is 19.5 Å². The highest BCUT2D eigenvalue weighted by molar-refractivity contribution is 5.73. The molecule has 3 N–H and O–H groups in total. The molecular formula is C16H24FN3O2. The highest BCUT2D eigenvalue weighted by atomic mass is 19.1. The lowest BCUT2D eigenvalue weighted by Crippen LogP contribution is -2.43. The van der Waals surface area contributed by atoms with Crippen LogP contribution in [0, 0.1) is 12.7 Å². The van der Waals surface area contributed by atoms with Gasteiger partial charge >= 0.3 is 6.03 Å². The second-order valence-corrected chi connectivity index (χ2v) is 5.51. The molecule has 0 aromatic heterocycles. The summed E-state index contributed by atoms with van der Waals surface area (Å²) in [6.07, 6.45) is 1.70. The van der Waals surface area contributed by atoms with Crippen molar-refractivity contribution in [2.45, 2.75) is 25.9 Å². The average Bonchev–Trinajstić information content (AvgIpc) is 2.76. The van der Waals surface area contributed by atoms with Gasteiger partial charge in [0, 0.05) is 26.2 Å². The molecule has 1 saturated heterocycles. The molecule has 1 heterocycles. The Morgan fingerprint density at radius 3 is 3.14 bits per heavy atom. The summed E-state index contributed by atoms with van der Waals surface area (Å²) in [7, 11) is 0. The molecule has 2 amide bonds. The number of nitrogens with one attached hydrogen (secondary N) is 3. The van der Waals surface area contributed by atoms with Crippen molar-refractivity contribution in [2.75, 3.05) is 32.8 Å². The van der Waals surface area contributed by atoms with Gasteiger partial charge in [-0.1, -0.05) is 6.07 Å². The van der Waals surface area contributed by atoms with Crippen LogP contribution in [0.5, 0.6) is 0 Å². The van der Waals surface area contributed by atoms with Gasteiger partial charge in [-0.25, -0.2) is 9.18 Å². The number of rotatable bonds is 5. The molecule has 1 aliphatic rings. The zero-order valence-corrected chi connectivity index (χ0v) is 13.0. The molecule has 22 heavy (non-hydrogen) atoms. The lowest BCUT2D eigenvalue weighted by molar-refractivity contribution is 0.0685. The smallest absolute Gasteiger partial charge is 0.314 e. The summed E-state index contributed by atoms with van der Waals surface area (Å²) < 4.78 is 18.6. The van der Waals surface area contributed by atoms with Gasteiger partial charge in [0.2, 0.25) is 0 Å². The van der Waals surface area contributed by atoms with Crippen LogP contribution < -0.4 is 16.0 Å². The summed E-state index contributed by atoms with van der Waals surface area (Å²) in [6.45, 7) is 5.32. The van der Waals surface area contributed by atoms with Crippen LogP contribution in [0.15, 0.2) is 18.2 Å². The maximum absolute atomic E-state index is 13.0. The first-order chi connectivity index (χ1) is 10.6. The molecule has 6 heteroatoms. The van der Waals surface area contributed by atoms with Crippen LogP contribution in [0.25, 0.3) is 0 Å². The number of hydrogen-bond donors (Lipinski definition) is 3. The number of aryl methyl sites for hydroxylation is 1. The first-order valence-corrected chi connectivity index (χ1v) is 7.74. The Labute approximate surface area is 130 Å². The summed E-state index contributed by atoms with van der Waals surface area (Å²) in [5, 5.41) is 8.89. The van der Waals surface area contributed by atoms with Crippen molar-refractivity contribution in [3.63, 3.8) is 0 Å². The molecule has 1 fully saturated rings. The third kappa shape index (κ3) is 5.61. The standard InChI is InChI=1S/C16H24FN3O2/c1-12-9-14(17)4-3-13(12)5-7-19-16(21)20-11-15-10-18-6-2-8-22-15/h3-4,9,15,18H,2,5-8,10-11H2,1H3,(H2,19,20,21). The molecule has 0 bridgehead atoms. The average molecular weight is 309 g/mol. The van der Waals surface area contributed by atoms with E-state index in [0.717, 1.165) is 37.2 Å². The third-order valence-electron chi connectivity index (χ3n) is 3.70. The Hall–Kier alpha value is -1.66. The molecule has 1 aliphatic heterocycles. The molecule has 1 unspecified atom stereocenters. The molecule has 2 rings (SSSR count). The highest BCUT2D eigenvalue weighted by Gasteiger charge is 2.13. The number of hydrogen-bond acceptors (Lipinski definition) is 3. The SMILES string of the molecule is Cc1cc(F)ccc1CCNC(=O)NCC1CNCCCO1. The molecule has 1 atom stereocenters. The molecule has 1 aromatic rings. The quantitative estimate of drug-likeness (QED) is 0.769. The second kappa shape index (κ2) is 8.70. The minimum absolute atomic E-state index is 0.0209. The van der Waals surface area contributed by atoms with Crippen LogP contribution in [0.3, 0.4) is 0 Å². The molecule has 1 aromatic carbocycles. The fourth-order valence-electron chi connectivity index (χ4n) is 2.42. The van der Waals surface area contributed by atoms with Crippen molar-refractivity contribution in [2.24, 2.45) is 0 Å². The van der Waals surface area contributed by atoms with Gasteiger partial charge in [0.05, 0.1) is 6.10 Å². The van der Waals surface area contributed by atoms with E-state index < -0.39 is 0 Å². The van der Waals surface area contributed by atoms with Crippen LogP contribution >= 0.6 is 0 Å². The topological polar surface area (TPSA) is 62.4 Å². The first kappa shape index (κ1) is 16.7. The van der Waals surface area contributed by atoms with Gasteiger partial charge in [-0.15, -0.1) is 0 Å². The second-order valence-electron chi connectivity index (χ2n) is 5.51. The molecular weight excluding hydrogens is 285 g/mol. The van der Waals surface area contributed by atoms with Crippen molar-refractivity contribution in [3.05, 3.63) is 35.1 Å². The van der Waals surface area contributed by atoms with E-state index in [2.05, 4.69) is 16.0 Å². The summed E-state index contributed by atoms with van der Waals surface area (Å²) in [4.78, 5) is 11.7. The van der Waals surface area contributed by atoms with Gasteiger partial charge in [0.25, 0.3) is 0 Å². The number of benzene rings is 1. The van der Waals surface area contributed by atoms with E-state index in [1.165, 1.54) is 12.1 Å². The van der Waals surface area contributed by atoms with Crippen LogP contribution in [0.1, 0.15) is 17.5 Å². The van der Waals surface area contributed by atoms with Crippen molar-refractivity contribution in [1.82, 2.24) is 16.0 Å². The number of amides is 2. The predicted octanol–water partition coefficient (Wildman–Crippen LogP) is 1.35. The van der Waals surface area contributed by atoms with E-state index in [1.54, 1.807) is 6.07 Å². The van der Waals surface area contributed by atoms with E-state index in [4.69, 9.17) is 4.74 Å². The molecule has 5 nitrogen and oxygen atoms in total. The number of carbonyl (C=O) groups is 1. The molecule has 0 aliphatic carbocycles. The monoisotopic (exact) mass is 309 g/mol. The molecule has 0 spiro atoms. The molecule has 0 radical (unpaired) electrons. The summed E-state index contributed by atoms with van der Waals surface area (Å²) in [6, 6.07) is 4.51. The summed E-state index contributed by atoms with van der Waals surface area (Å²) in [5.41, 5.74) is 1.94. The zero-order valence-electron chi connectivity index (χ0n) is 13.0. The number of urea groups is 1. The minimum Gasteiger partial charge on any atom is -0.375 e. The van der Waals surface area contributed by atoms with E-state index in [-0.39, 0.29) is 18.0 Å². The zero-order chi connectivity index (χ0) is 15.8. The van der Waals surface area contributed by atoms with E-state index >= 15 is 0 Å². The normalized spacial score (nSPS) is 18.5. The Kier molecular flexibility index (Phi) is 6.61. The fraction of sp³-hybridized carbons (Fsp3) is 0.562. The Morgan fingerprint density at radius 2 is 2.32 bits per heavy atom. The highest BCUT2D eigenvalue weighted by Crippen LogP contribution is 2.10. The lowest BCUT2D eigenvalue weighted by Gasteiger charge is -2.16. The van der Waals surface area contributed by atoms with Gasteiger partial charge in [0.1, 0.15) is 5.82 Å². The Bertz CT molecular complexity index is 488. The Morgan fingerprint density at radius 1 is 1.45 bits per heavy atom. The third-order valence-corrected chi connectivity index (χ3v) is 3.70. The number of ether oxygens (including phenoxy) is 1. The van der Waals surface area contributed by atoms with Crippen molar-refractivity contribution in [3.8, 4) is 0 Å². The predicted molar refractivity (Wildman–Crippen MR) is 83.5 cm³/mol. The Balaban J connectivity index is 1.64. The number of halogens is 1. The van der Waals surface area contributed by atoms with Crippen LogP contribution in [-0.4, -0.2) is 44.9 Å². The number of carbonyl (C=O) groups excluding carboxylic acids is 1. The van der Waals surface area contributed by atoms with Crippen LogP contribution in [-0.2, 0) is 11.2 Å². The molecule has 0 saturated carbocycles. The summed E-state index contributed by atoms with van der Waals surface area (Å²) >= 11 is 0. The van der Waals surface area contributed by atoms with E-state index in [1.807, 2.05) is 6.92 Å². The maximum Gasteiger partial charge on any atom is 0.314 e. The van der Waals surface area contributed by atoms with Crippen molar-refractivity contribution >= 4 is 6.03 Å². The lowest BCUT2D eigenvalue weighted by atomic mass is 10.1. The van der Waals surface area contributed by atoms with Gasteiger partial charge in [-0.05, 0) is 49.6 Å². The van der Waals surface area contributed by atoms with Crippen molar-refractivity contribution in [1.29, 1.82) is 0 Å². The van der Waals surface area contributed by atoms with Gasteiger partial charge in [-0.2, -0.15) is 0 Å². The summed E-state index contributed by atoms with van der Waals surface area (Å²) in [5.74, 6) is -0.232. The van der Waals surface area contributed by atoms with Crippen LogP contribution in [0.4, 0.5) is 9.18 Å². The van der Waals surface area contributed by atoms with Gasteiger partial charge in [0.15, 0.2) is 0 Å². The van der Waals surface area contributed by atoms with Gasteiger partial charge in [-0.3, -0.25) is 0 Å². The maximum atomic E-state index is 13.0. The fourth-order valence-corrected chi connectivity index (χ4v) is 2.42. The van der Waals surface area contributed by atoms with Crippen LogP contribution in [0.2, 0.25) is 0 Å². The largest absolute Gasteiger partial charge is 0.375 e.